The minimum atomic E-state index is -4.46. The number of carbonyl (C=O) groups excluding carboxylic acids is 2. The van der Waals surface area contributed by atoms with Gasteiger partial charge in [0.25, 0.3) is 5.91 Å². The van der Waals surface area contributed by atoms with E-state index in [2.05, 4.69) is 4.98 Å². The minimum Gasteiger partial charge on any atom is -0.492 e. The van der Waals surface area contributed by atoms with E-state index in [9.17, 15) is 22.8 Å². The van der Waals surface area contributed by atoms with Crippen LogP contribution >= 0.6 is 11.6 Å². The Morgan fingerprint density at radius 1 is 1.25 bits per heavy atom. The molecule has 1 aromatic carbocycles. The molecule has 0 unspecified atom stereocenters. The van der Waals surface area contributed by atoms with Gasteiger partial charge in [0.15, 0.2) is 5.78 Å². The largest absolute Gasteiger partial charge is 0.492 e. The van der Waals surface area contributed by atoms with Gasteiger partial charge in [-0.3, -0.25) is 9.59 Å². The average molecular weight is 469 g/mol. The maximum absolute atomic E-state index is 12.8. The van der Waals surface area contributed by atoms with E-state index in [1.165, 1.54) is 12.3 Å². The lowest BCUT2D eigenvalue weighted by atomic mass is 9.97. The van der Waals surface area contributed by atoms with E-state index in [1.54, 1.807) is 11.0 Å². The molecule has 32 heavy (non-hydrogen) atoms. The highest BCUT2D eigenvalue weighted by atomic mass is 35.5. The molecule has 0 aliphatic carbocycles. The SMILES string of the molecule is O=C1COc2cnc(C(=O)N3CCC(COc4ccc(C(F)(F)F)cc4Cl)CC3)cc2C1. The number of benzene rings is 1. The van der Waals surface area contributed by atoms with E-state index < -0.39 is 11.7 Å². The van der Waals surface area contributed by atoms with Crippen molar-refractivity contribution < 1.29 is 32.2 Å². The summed E-state index contributed by atoms with van der Waals surface area (Å²) in [5.41, 5.74) is 0.109. The van der Waals surface area contributed by atoms with Gasteiger partial charge in [-0.1, -0.05) is 11.6 Å². The molecule has 2 aliphatic rings. The fourth-order valence-corrected chi connectivity index (χ4v) is 3.99. The number of hydrogen-bond donors (Lipinski definition) is 0. The first kappa shape index (κ1) is 22.4. The molecule has 1 amide bonds. The summed E-state index contributed by atoms with van der Waals surface area (Å²) in [5.74, 6) is 0.610. The van der Waals surface area contributed by atoms with E-state index in [1.807, 2.05) is 0 Å². The van der Waals surface area contributed by atoms with Gasteiger partial charge in [-0.25, -0.2) is 4.98 Å². The molecule has 1 saturated heterocycles. The molecule has 0 radical (unpaired) electrons. The molecule has 2 aromatic rings. The number of fused-ring (bicyclic) bond motifs is 1. The van der Waals surface area contributed by atoms with Crippen LogP contribution in [0.25, 0.3) is 0 Å². The van der Waals surface area contributed by atoms with Crippen molar-refractivity contribution in [2.24, 2.45) is 5.92 Å². The van der Waals surface area contributed by atoms with Crippen molar-refractivity contribution in [1.82, 2.24) is 9.88 Å². The molecule has 3 heterocycles. The van der Waals surface area contributed by atoms with Crippen molar-refractivity contribution in [3.8, 4) is 11.5 Å². The number of pyridine rings is 1. The fourth-order valence-electron chi connectivity index (χ4n) is 3.76. The first-order valence-corrected chi connectivity index (χ1v) is 10.5. The summed E-state index contributed by atoms with van der Waals surface area (Å²) in [6.45, 7) is 1.32. The van der Waals surface area contributed by atoms with Crippen molar-refractivity contribution in [3.05, 3.63) is 52.3 Å². The molecular formula is C22H20ClF3N2O4. The van der Waals surface area contributed by atoms with Crippen LogP contribution < -0.4 is 9.47 Å². The Labute approximate surface area is 187 Å². The molecule has 170 valence electrons. The maximum atomic E-state index is 12.8. The highest BCUT2D eigenvalue weighted by Gasteiger charge is 2.31. The number of nitrogens with zero attached hydrogens (tertiary/aromatic N) is 2. The Balaban J connectivity index is 1.30. The standard InChI is InChI=1S/C22H20ClF3N2O4/c23-17-9-15(22(24,25)26)1-2-19(17)31-11-13-3-5-28(6-4-13)21(30)18-8-14-7-16(29)12-32-20(14)10-27-18/h1-2,8-10,13H,3-7,11-12H2. The summed E-state index contributed by atoms with van der Waals surface area (Å²) in [4.78, 5) is 30.3. The number of rotatable bonds is 4. The predicted molar refractivity (Wildman–Crippen MR) is 109 cm³/mol. The number of ketones is 1. The van der Waals surface area contributed by atoms with Crippen LogP contribution in [0.4, 0.5) is 13.2 Å². The quantitative estimate of drug-likeness (QED) is 0.673. The zero-order valence-electron chi connectivity index (χ0n) is 17.0. The Kier molecular flexibility index (Phi) is 6.28. The Bertz CT molecular complexity index is 1040. The third-order valence-corrected chi connectivity index (χ3v) is 5.87. The number of Topliss-reactive ketones (excluding diaryl/α,β-unsaturated/α-hetero) is 1. The Morgan fingerprint density at radius 3 is 2.69 bits per heavy atom. The fraction of sp³-hybridized carbons (Fsp3) is 0.409. The van der Waals surface area contributed by atoms with Crippen LogP contribution in [0.15, 0.2) is 30.5 Å². The molecule has 0 saturated carbocycles. The molecule has 0 spiro atoms. The van der Waals surface area contributed by atoms with E-state index in [4.69, 9.17) is 21.1 Å². The lowest BCUT2D eigenvalue weighted by Crippen LogP contribution is -2.40. The summed E-state index contributed by atoms with van der Waals surface area (Å²) in [6, 6.07) is 4.62. The minimum absolute atomic E-state index is 0.0231. The van der Waals surface area contributed by atoms with Crippen molar-refractivity contribution in [2.75, 3.05) is 26.3 Å². The molecule has 0 bridgehead atoms. The Morgan fingerprint density at radius 2 is 2.00 bits per heavy atom. The summed E-state index contributed by atoms with van der Waals surface area (Å²) >= 11 is 5.93. The van der Waals surface area contributed by atoms with Crippen molar-refractivity contribution in [2.45, 2.75) is 25.4 Å². The van der Waals surface area contributed by atoms with Gasteiger partial charge >= 0.3 is 6.18 Å². The van der Waals surface area contributed by atoms with Gasteiger partial charge in [0, 0.05) is 25.1 Å². The number of aromatic nitrogens is 1. The van der Waals surface area contributed by atoms with Crippen molar-refractivity contribution >= 4 is 23.3 Å². The molecule has 0 N–H and O–H groups in total. The van der Waals surface area contributed by atoms with Crippen LogP contribution in [0.2, 0.25) is 5.02 Å². The van der Waals surface area contributed by atoms with E-state index in [0.717, 1.165) is 12.1 Å². The summed E-state index contributed by atoms with van der Waals surface area (Å²) in [7, 11) is 0. The molecule has 1 aromatic heterocycles. The molecule has 1 fully saturated rings. The second-order valence-corrected chi connectivity index (χ2v) is 8.28. The van der Waals surface area contributed by atoms with Gasteiger partial charge in [-0.05, 0) is 43.0 Å². The van der Waals surface area contributed by atoms with Gasteiger partial charge in [0.1, 0.15) is 23.8 Å². The molecule has 0 atom stereocenters. The molecule has 2 aliphatic heterocycles. The Hall–Kier alpha value is -2.81. The van der Waals surface area contributed by atoms with Crippen molar-refractivity contribution in [3.63, 3.8) is 0 Å². The number of carbonyl (C=O) groups is 2. The van der Waals surface area contributed by atoms with Gasteiger partial charge in [0.2, 0.25) is 0 Å². The maximum Gasteiger partial charge on any atom is 0.416 e. The topological polar surface area (TPSA) is 68.7 Å². The van der Waals surface area contributed by atoms with Crippen LogP contribution in [0.1, 0.15) is 34.5 Å². The van der Waals surface area contributed by atoms with Gasteiger partial charge in [-0.2, -0.15) is 13.2 Å². The van der Waals surface area contributed by atoms with Crippen LogP contribution in [-0.2, 0) is 17.4 Å². The number of ether oxygens (including phenoxy) is 2. The number of piperidine rings is 1. The van der Waals surface area contributed by atoms with Crippen LogP contribution in [0, 0.1) is 5.92 Å². The lowest BCUT2D eigenvalue weighted by Gasteiger charge is -2.32. The van der Waals surface area contributed by atoms with E-state index in [0.29, 0.717) is 43.9 Å². The average Bonchev–Trinajstić information content (AvgIpc) is 2.77. The van der Waals surface area contributed by atoms with E-state index in [-0.39, 0.29) is 47.1 Å². The van der Waals surface area contributed by atoms with Crippen LogP contribution in [-0.4, -0.2) is 47.9 Å². The van der Waals surface area contributed by atoms with Gasteiger partial charge in [0.05, 0.1) is 23.4 Å². The van der Waals surface area contributed by atoms with Crippen LogP contribution in [0.5, 0.6) is 11.5 Å². The molecule has 6 nitrogen and oxygen atoms in total. The number of halogens is 4. The van der Waals surface area contributed by atoms with Gasteiger partial charge in [-0.15, -0.1) is 0 Å². The molecular weight excluding hydrogens is 449 g/mol. The normalized spacial score (nSPS) is 17.0. The number of alkyl halides is 3. The van der Waals surface area contributed by atoms with Gasteiger partial charge < -0.3 is 14.4 Å². The number of amides is 1. The second kappa shape index (κ2) is 8.97. The van der Waals surface area contributed by atoms with Crippen LogP contribution in [0.3, 0.4) is 0 Å². The second-order valence-electron chi connectivity index (χ2n) is 7.87. The summed E-state index contributed by atoms with van der Waals surface area (Å²) < 4.78 is 49.2. The van der Waals surface area contributed by atoms with Crippen molar-refractivity contribution in [1.29, 1.82) is 0 Å². The highest BCUT2D eigenvalue weighted by molar-refractivity contribution is 6.32. The predicted octanol–water partition coefficient (Wildman–Crippen LogP) is 4.19. The third kappa shape index (κ3) is 4.98. The number of likely N-dealkylation sites (tertiary alicyclic amines) is 1. The molecule has 4 rings (SSSR count). The first-order chi connectivity index (χ1) is 15.2. The third-order valence-electron chi connectivity index (χ3n) is 5.58. The zero-order valence-corrected chi connectivity index (χ0v) is 17.7. The smallest absolute Gasteiger partial charge is 0.416 e. The summed E-state index contributed by atoms with van der Waals surface area (Å²) in [6.07, 6.45) is -1.41. The lowest BCUT2D eigenvalue weighted by molar-refractivity contribution is -0.137. The monoisotopic (exact) mass is 468 g/mol. The zero-order chi connectivity index (χ0) is 22.9. The molecule has 10 heteroatoms. The highest BCUT2D eigenvalue weighted by Crippen LogP contribution is 2.35. The first-order valence-electron chi connectivity index (χ1n) is 10.1. The van der Waals surface area contributed by atoms with E-state index >= 15 is 0 Å². The number of hydrogen-bond acceptors (Lipinski definition) is 5. The summed E-state index contributed by atoms with van der Waals surface area (Å²) in [5, 5.41) is -0.0895.